The van der Waals surface area contributed by atoms with Crippen LogP contribution in [0.2, 0.25) is 0 Å². The zero-order valence-electron chi connectivity index (χ0n) is 12.7. The maximum atomic E-state index is 10.7. The molecule has 5 nitrogen and oxygen atoms in total. The van der Waals surface area contributed by atoms with E-state index in [4.69, 9.17) is 4.74 Å². The van der Waals surface area contributed by atoms with Gasteiger partial charge in [-0.15, -0.1) is 4.91 Å². The molecule has 2 aromatic carbocycles. The highest BCUT2D eigenvalue weighted by molar-refractivity contribution is 5.84. The van der Waals surface area contributed by atoms with E-state index >= 15 is 0 Å². The van der Waals surface area contributed by atoms with Crippen molar-refractivity contribution in [2.75, 3.05) is 12.5 Å². The first-order valence-corrected chi connectivity index (χ1v) is 7.18. The van der Waals surface area contributed by atoms with Gasteiger partial charge in [0.05, 0.1) is 12.8 Å². The molecule has 22 heavy (non-hydrogen) atoms. The minimum absolute atomic E-state index is 0.245. The van der Waals surface area contributed by atoms with Gasteiger partial charge in [0, 0.05) is 6.42 Å². The maximum Gasteiger partial charge on any atom is 0.192 e. The van der Waals surface area contributed by atoms with Crippen LogP contribution in [0.25, 0.3) is 11.1 Å². The molecule has 0 unspecified atom stereocenters. The molecule has 0 amide bonds. The van der Waals surface area contributed by atoms with Crippen LogP contribution in [0.4, 0.5) is 5.69 Å². The van der Waals surface area contributed by atoms with Crippen LogP contribution in [0.15, 0.2) is 58.8 Å². The molecule has 0 heterocycles. The van der Waals surface area contributed by atoms with Gasteiger partial charge in [0.15, 0.2) is 5.84 Å². The van der Waals surface area contributed by atoms with Gasteiger partial charge in [-0.2, -0.15) is 5.10 Å². The highest BCUT2D eigenvalue weighted by Crippen LogP contribution is 2.30. The second kappa shape index (κ2) is 7.93. The maximum absolute atomic E-state index is 10.7. The van der Waals surface area contributed by atoms with Gasteiger partial charge in [0.2, 0.25) is 0 Å². The SMILES string of the molecule is CCC/C(N=O)=N\Nc1cc(-c2ccccc2)ccc1OC. The van der Waals surface area contributed by atoms with E-state index in [1.165, 1.54) is 0 Å². The number of rotatable bonds is 6. The monoisotopic (exact) mass is 297 g/mol. The number of hydrogen-bond donors (Lipinski definition) is 1. The molecule has 0 bridgehead atoms. The van der Waals surface area contributed by atoms with E-state index in [2.05, 4.69) is 15.7 Å². The Balaban J connectivity index is 2.31. The van der Waals surface area contributed by atoms with E-state index in [1.54, 1.807) is 7.11 Å². The molecule has 0 fully saturated rings. The van der Waals surface area contributed by atoms with Gasteiger partial charge >= 0.3 is 0 Å². The summed E-state index contributed by atoms with van der Waals surface area (Å²) in [6, 6.07) is 15.8. The molecule has 0 saturated carbocycles. The molecule has 0 aliphatic heterocycles. The first kappa shape index (κ1) is 15.7. The zero-order chi connectivity index (χ0) is 15.8. The molecular formula is C17H19N3O2. The Labute approximate surface area is 130 Å². The van der Waals surface area contributed by atoms with Crippen molar-refractivity contribution in [1.29, 1.82) is 0 Å². The van der Waals surface area contributed by atoms with Gasteiger partial charge in [-0.25, -0.2) is 0 Å². The van der Waals surface area contributed by atoms with Gasteiger partial charge in [-0.05, 0) is 34.9 Å². The summed E-state index contributed by atoms with van der Waals surface area (Å²) in [4.78, 5) is 10.7. The standard InChI is InChI=1S/C17H19N3O2/c1-3-7-17(20-21)19-18-15-12-14(10-11-16(15)22-2)13-8-5-4-6-9-13/h4-6,8-12,18H,3,7H2,1-2H3/b19-17+. The summed E-state index contributed by atoms with van der Waals surface area (Å²) in [5.41, 5.74) is 5.71. The lowest BCUT2D eigenvalue weighted by atomic mass is 10.1. The van der Waals surface area contributed by atoms with Crippen molar-refractivity contribution in [3.63, 3.8) is 0 Å². The molecule has 0 aromatic heterocycles. The average Bonchev–Trinajstić information content (AvgIpc) is 2.59. The summed E-state index contributed by atoms with van der Waals surface area (Å²) >= 11 is 0. The summed E-state index contributed by atoms with van der Waals surface area (Å²) in [7, 11) is 1.59. The van der Waals surface area contributed by atoms with E-state index in [0.717, 1.165) is 17.5 Å². The normalized spacial score (nSPS) is 11.1. The number of nitroso groups, excluding NO2 is 1. The second-order valence-electron chi connectivity index (χ2n) is 4.76. The van der Waals surface area contributed by atoms with Crippen LogP contribution in [-0.2, 0) is 0 Å². The molecular weight excluding hydrogens is 278 g/mol. The second-order valence-corrected chi connectivity index (χ2v) is 4.76. The summed E-state index contributed by atoms with van der Waals surface area (Å²) in [6.07, 6.45) is 1.35. The number of methoxy groups -OCH3 is 1. The van der Waals surface area contributed by atoms with Crippen molar-refractivity contribution >= 4 is 11.5 Å². The predicted octanol–water partition coefficient (Wildman–Crippen LogP) is 4.65. The summed E-state index contributed by atoms with van der Waals surface area (Å²) in [5.74, 6) is 0.903. The number of benzene rings is 2. The van der Waals surface area contributed by atoms with Gasteiger partial charge < -0.3 is 4.74 Å². The Bertz CT molecular complexity index is 654. The number of nitrogens with zero attached hydrogens (tertiary/aromatic N) is 2. The van der Waals surface area contributed by atoms with Crippen molar-refractivity contribution in [2.45, 2.75) is 19.8 Å². The molecule has 2 rings (SSSR count). The number of ether oxygens (including phenoxy) is 1. The number of hydrogen-bond acceptors (Lipinski definition) is 4. The van der Waals surface area contributed by atoms with Crippen LogP contribution in [0, 0.1) is 4.91 Å². The van der Waals surface area contributed by atoms with E-state index in [0.29, 0.717) is 17.9 Å². The quantitative estimate of drug-likeness (QED) is 0.365. The smallest absolute Gasteiger partial charge is 0.192 e. The third kappa shape index (κ3) is 3.91. The highest BCUT2D eigenvalue weighted by Gasteiger charge is 2.06. The van der Waals surface area contributed by atoms with E-state index in [9.17, 15) is 4.91 Å². The lowest BCUT2D eigenvalue weighted by Crippen LogP contribution is -2.00. The van der Waals surface area contributed by atoms with Gasteiger partial charge in [0.1, 0.15) is 5.75 Å². The first-order valence-electron chi connectivity index (χ1n) is 7.18. The summed E-state index contributed by atoms with van der Waals surface area (Å²) in [5, 5.41) is 6.98. The minimum atomic E-state index is 0.245. The number of anilines is 1. The fourth-order valence-electron chi connectivity index (χ4n) is 2.08. The Kier molecular flexibility index (Phi) is 5.65. The Hall–Kier alpha value is -2.69. The van der Waals surface area contributed by atoms with Gasteiger partial charge in [-0.1, -0.05) is 43.3 Å². The molecule has 0 radical (unpaired) electrons. The predicted molar refractivity (Wildman–Crippen MR) is 90.2 cm³/mol. The zero-order valence-corrected chi connectivity index (χ0v) is 12.7. The minimum Gasteiger partial charge on any atom is -0.495 e. The molecule has 114 valence electrons. The van der Waals surface area contributed by atoms with E-state index < -0.39 is 0 Å². The number of hydrazone groups is 1. The molecule has 0 aliphatic carbocycles. The molecule has 0 atom stereocenters. The van der Waals surface area contributed by atoms with Crippen LogP contribution in [0.5, 0.6) is 5.75 Å². The summed E-state index contributed by atoms with van der Waals surface area (Å²) in [6.45, 7) is 1.97. The molecule has 5 heteroatoms. The largest absolute Gasteiger partial charge is 0.495 e. The van der Waals surface area contributed by atoms with Crippen LogP contribution in [-0.4, -0.2) is 12.9 Å². The number of nitrogens with one attached hydrogen (secondary N) is 1. The van der Waals surface area contributed by atoms with Gasteiger partial charge in [0.25, 0.3) is 0 Å². The van der Waals surface area contributed by atoms with Crippen molar-refractivity contribution in [3.05, 3.63) is 53.4 Å². The molecule has 0 saturated heterocycles. The van der Waals surface area contributed by atoms with Crippen LogP contribution in [0.1, 0.15) is 19.8 Å². The van der Waals surface area contributed by atoms with Crippen LogP contribution >= 0.6 is 0 Å². The third-order valence-corrected chi connectivity index (χ3v) is 3.19. The van der Waals surface area contributed by atoms with Crippen LogP contribution < -0.4 is 10.2 Å². The molecule has 0 aliphatic rings. The van der Waals surface area contributed by atoms with Crippen molar-refractivity contribution < 1.29 is 4.74 Å². The summed E-state index contributed by atoms with van der Waals surface area (Å²) < 4.78 is 5.32. The van der Waals surface area contributed by atoms with Crippen molar-refractivity contribution in [2.24, 2.45) is 10.3 Å². The van der Waals surface area contributed by atoms with Gasteiger partial charge in [-0.3, -0.25) is 5.43 Å². The van der Waals surface area contributed by atoms with Crippen LogP contribution in [0.3, 0.4) is 0 Å². The average molecular weight is 297 g/mol. The highest BCUT2D eigenvalue weighted by atomic mass is 16.5. The topological polar surface area (TPSA) is 63.0 Å². The fourth-order valence-corrected chi connectivity index (χ4v) is 2.08. The van der Waals surface area contributed by atoms with Crippen molar-refractivity contribution in [3.8, 4) is 16.9 Å². The molecule has 2 aromatic rings. The first-order chi connectivity index (χ1) is 10.8. The molecule has 1 N–H and O–H groups in total. The Morgan fingerprint density at radius 2 is 1.91 bits per heavy atom. The van der Waals surface area contributed by atoms with E-state index in [-0.39, 0.29) is 5.84 Å². The lowest BCUT2D eigenvalue weighted by molar-refractivity contribution is 0.416. The van der Waals surface area contributed by atoms with E-state index in [1.807, 2.05) is 55.5 Å². The third-order valence-electron chi connectivity index (χ3n) is 3.19. The lowest BCUT2D eigenvalue weighted by Gasteiger charge is -2.10. The van der Waals surface area contributed by atoms with Crippen molar-refractivity contribution in [1.82, 2.24) is 0 Å². The fraction of sp³-hybridized carbons (Fsp3) is 0.235. The number of amidine groups is 1. The Morgan fingerprint density at radius 1 is 1.14 bits per heavy atom. The molecule has 0 spiro atoms. The Morgan fingerprint density at radius 3 is 2.55 bits per heavy atom.